The van der Waals surface area contributed by atoms with Crippen LogP contribution in [0.15, 0.2) is 17.3 Å². The Labute approximate surface area is 77.8 Å². The Morgan fingerprint density at radius 3 is 2.17 bits per heavy atom. The van der Waals surface area contributed by atoms with E-state index >= 15 is 0 Å². The molecule has 1 aromatic rings. The summed E-state index contributed by atoms with van der Waals surface area (Å²) < 4.78 is 0. The number of hydrogen-bond donors (Lipinski definition) is 0. The summed E-state index contributed by atoms with van der Waals surface area (Å²) in [4.78, 5) is 1.22. The van der Waals surface area contributed by atoms with E-state index in [1.165, 1.54) is 10.5 Å². The van der Waals surface area contributed by atoms with E-state index in [1.807, 2.05) is 12.4 Å². The maximum atomic E-state index is 3.90. The number of thioether (sulfide) groups is 1. The molecular formula is C9H14N2S. The summed E-state index contributed by atoms with van der Waals surface area (Å²) in [6.07, 6.45) is 5.74. The minimum absolute atomic E-state index is 0.161. The maximum Gasteiger partial charge on any atom is 0.0635 e. The highest BCUT2D eigenvalue weighted by Crippen LogP contribution is 2.29. The lowest BCUT2D eigenvalue weighted by Crippen LogP contribution is -2.13. The van der Waals surface area contributed by atoms with Gasteiger partial charge in [0.2, 0.25) is 0 Å². The van der Waals surface area contributed by atoms with Crippen LogP contribution in [0, 0.1) is 0 Å². The third-order valence-corrected chi connectivity index (χ3v) is 2.49. The second kappa shape index (κ2) is 3.44. The summed E-state index contributed by atoms with van der Waals surface area (Å²) in [5.41, 5.74) is 1.43. The highest BCUT2D eigenvalue weighted by Gasteiger charge is 2.17. The van der Waals surface area contributed by atoms with Crippen LogP contribution < -0.4 is 0 Å². The molecule has 0 aliphatic heterocycles. The molecule has 0 fully saturated rings. The van der Waals surface area contributed by atoms with Gasteiger partial charge in [0.15, 0.2) is 0 Å². The van der Waals surface area contributed by atoms with E-state index in [9.17, 15) is 0 Å². The van der Waals surface area contributed by atoms with Crippen molar-refractivity contribution >= 4 is 11.8 Å². The van der Waals surface area contributed by atoms with Gasteiger partial charge in [0.25, 0.3) is 0 Å². The van der Waals surface area contributed by atoms with Crippen molar-refractivity contribution in [2.45, 2.75) is 31.1 Å². The van der Waals surface area contributed by atoms with Crippen LogP contribution in [-0.2, 0) is 5.41 Å². The summed E-state index contributed by atoms with van der Waals surface area (Å²) in [5, 5.41) is 7.76. The van der Waals surface area contributed by atoms with Crippen LogP contribution in [0.4, 0.5) is 0 Å². The van der Waals surface area contributed by atoms with E-state index in [2.05, 4.69) is 37.2 Å². The van der Waals surface area contributed by atoms with Crippen molar-refractivity contribution in [1.29, 1.82) is 0 Å². The van der Waals surface area contributed by atoms with Gasteiger partial charge >= 0.3 is 0 Å². The molecule has 66 valence electrons. The van der Waals surface area contributed by atoms with Crippen LogP contribution in [0.25, 0.3) is 0 Å². The highest BCUT2D eigenvalue weighted by molar-refractivity contribution is 7.98. The minimum Gasteiger partial charge on any atom is -0.159 e. The molecule has 0 saturated carbocycles. The third-order valence-electron chi connectivity index (χ3n) is 1.72. The minimum atomic E-state index is 0.161. The smallest absolute Gasteiger partial charge is 0.0635 e. The molecule has 0 bridgehead atoms. The molecule has 1 heterocycles. The first-order valence-electron chi connectivity index (χ1n) is 3.91. The first kappa shape index (κ1) is 9.52. The van der Waals surface area contributed by atoms with Crippen LogP contribution >= 0.6 is 11.8 Å². The highest BCUT2D eigenvalue weighted by atomic mass is 32.2. The molecule has 3 heteroatoms. The molecule has 0 N–H and O–H groups in total. The van der Waals surface area contributed by atoms with Crippen LogP contribution in [0.5, 0.6) is 0 Å². The molecule has 0 aliphatic rings. The molecule has 0 spiro atoms. The van der Waals surface area contributed by atoms with E-state index in [0.29, 0.717) is 0 Å². The Morgan fingerprint density at radius 2 is 1.75 bits per heavy atom. The third kappa shape index (κ3) is 1.97. The van der Waals surface area contributed by atoms with Crippen molar-refractivity contribution in [1.82, 2.24) is 10.2 Å². The molecule has 12 heavy (non-hydrogen) atoms. The molecule has 0 atom stereocenters. The molecule has 0 saturated heterocycles. The Morgan fingerprint density at radius 1 is 1.17 bits per heavy atom. The SMILES string of the molecule is CSc1cnncc1C(C)(C)C. The lowest BCUT2D eigenvalue weighted by molar-refractivity contribution is 0.571. The second-order valence-electron chi connectivity index (χ2n) is 3.72. The quantitative estimate of drug-likeness (QED) is 0.624. The summed E-state index contributed by atoms with van der Waals surface area (Å²) in [7, 11) is 0. The Hall–Kier alpha value is -0.570. The van der Waals surface area contributed by atoms with E-state index in [1.54, 1.807) is 11.8 Å². The molecule has 2 nitrogen and oxygen atoms in total. The van der Waals surface area contributed by atoms with Crippen molar-refractivity contribution < 1.29 is 0 Å². The van der Waals surface area contributed by atoms with Crippen molar-refractivity contribution in [3.8, 4) is 0 Å². The van der Waals surface area contributed by atoms with Gasteiger partial charge in [-0.3, -0.25) is 0 Å². The molecule has 0 unspecified atom stereocenters. The van der Waals surface area contributed by atoms with Gasteiger partial charge in [-0.05, 0) is 17.2 Å². The monoisotopic (exact) mass is 182 g/mol. The van der Waals surface area contributed by atoms with Crippen LogP contribution in [-0.4, -0.2) is 16.5 Å². The molecule has 0 radical (unpaired) electrons. The lowest BCUT2D eigenvalue weighted by Gasteiger charge is -2.20. The fourth-order valence-electron chi connectivity index (χ4n) is 1.04. The Bertz CT molecular complexity index is 265. The van der Waals surface area contributed by atoms with Crippen LogP contribution in [0.1, 0.15) is 26.3 Å². The van der Waals surface area contributed by atoms with Gasteiger partial charge in [-0.1, -0.05) is 20.8 Å². The average molecular weight is 182 g/mol. The molecule has 0 aromatic carbocycles. The number of hydrogen-bond acceptors (Lipinski definition) is 3. The van der Waals surface area contributed by atoms with Gasteiger partial charge in [0.1, 0.15) is 0 Å². The van der Waals surface area contributed by atoms with E-state index in [-0.39, 0.29) is 5.41 Å². The summed E-state index contributed by atoms with van der Waals surface area (Å²) in [6, 6.07) is 0. The standard InChI is InChI=1S/C9H14N2S/c1-9(2,3)7-5-10-11-6-8(7)12-4/h5-6H,1-4H3. The van der Waals surface area contributed by atoms with Gasteiger partial charge in [-0.15, -0.1) is 11.8 Å². The predicted octanol–water partition coefficient (Wildman–Crippen LogP) is 2.50. The second-order valence-corrected chi connectivity index (χ2v) is 4.57. The Balaban J connectivity index is 3.14. The normalized spacial score (nSPS) is 11.7. The van der Waals surface area contributed by atoms with Gasteiger partial charge in [-0.2, -0.15) is 10.2 Å². The topological polar surface area (TPSA) is 25.8 Å². The van der Waals surface area contributed by atoms with Crippen LogP contribution in [0.3, 0.4) is 0 Å². The van der Waals surface area contributed by atoms with Crippen molar-refractivity contribution in [2.24, 2.45) is 0 Å². The Kier molecular flexibility index (Phi) is 2.73. The largest absolute Gasteiger partial charge is 0.159 e. The zero-order valence-electron chi connectivity index (χ0n) is 7.96. The average Bonchev–Trinajstić information content (AvgIpc) is 2.03. The summed E-state index contributed by atoms with van der Waals surface area (Å²) in [6.45, 7) is 6.55. The molecule has 0 aliphatic carbocycles. The van der Waals surface area contributed by atoms with Crippen molar-refractivity contribution in [3.05, 3.63) is 18.0 Å². The number of rotatable bonds is 1. The van der Waals surface area contributed by atoms with E-state index < -0.39 is 0 Å². The first-order chi connectivity index (χ1) is 5.55. The molecular weight excluding hydrogens is 168 g/mol. The zero-order valence-corrected chi connectivity index (χ0v) is 8.77. The summed E-state index contributed by atoms with van der Waals surface area (Å²) in [5.74, 6) is 0. The van der Waals surface area contributed by atoms with Gasteiger partial charge in [0.05, 0.1) is 12.4 Å². The van der Waals surface area contributed by atoms with E-state index in [4.69, 9.17) is 0 Å². The van der Waals surface area contributed by atoms with Gasteiger partial charge in [-0.25, -0.2) is 0 Å². The van der Waals surface area contributed by atoms with Gasteiger partial charge < -0.3 is 0 Å². The van der Waals surface area contributed by atoms with Crippen LogP contribution in [0.2, 0.25) is 0 Å². The van der Waals surface area contributed by atoms with Crippen molar-refractivity contribution in [3.63, 3.8) is 0 Å². The molecule has 1 aromatic heterocycles. The molecule has 1 rings (SSSR count). The first-order valence-corrected chi connectivity index (χ1v) is 5.13. The number of aromatic nitrogens is 2. The number of nitrogens with zero attached hydrogens (tertiary/aromatic N) is 2. The lowest BCUT2D eigenvalue weighted by atomic mass is 9.89. The van der Waals surface area contributed by atoms with E-state index in [0.717, 1.165) is 0 Å². The summed E-state index contributed by atoms with van der Waals surface area (Å²) >= 11 is 1.72. The van der Waals surface area contributed by atoms with Crippen molar-refractivity contribution in [2.75, 3.05) is 6.26 Å². The fourth-order valence-corrected chi connectivity index (χ4v) is 1.77. The van der Waals surface area contributed by atoms with Gasteiger partial charge in [0, 0.05) is 4.90 Å². The predicted molar refractivity (Wildman–Crippen MR) is 52.5 cm³/mol. The molecule has 0 amide bonds. The zero-order chi connectivity index (χ0) is 9.19. The maximum absolute atomic E-state index is 3.90. The fraction of sp³-hybridized carbons (Fsp3) is 0.556.